The van der Waals surface area contributed by atoms with Crippen LogP contribution in [0.2, 0.25) is 0 Å². The lowest BCUT2D eigenvalue weighted by atomic mass is 10.2. The van der Waals surface area contributed by atoms with E-state index in [-0.39, 0.29) is 18.4 Å². The van der Waals surface area contributed by atoms with Gasteiger partial charge < -0.3 is 19.0 Å². The smallest absolute Gasteiger partial charge is 0.268 e. The van der Waals surface area contributed by atoms with E-state index in [0.29, 0.717) is 39.2 Å². The number of hydrogen-bond donors (Lipinski definition) is 2. The van der Waals surface area contributed by atoms with Crippen LogP contribution in [-0.2, 0) is 6.54 Å². The third kappa shape index (κ3) is 5.02. The molecule has 2 aromatic carbocycles. The Hall–Kier alpha value is -4.28. The summed E-state index contributed by atoms with van der Waals surface area (Å²) in [5.74, 6) is 0.987. The number of imidazole rings is 1. The van der Waals surface area contributed by atoms with Gasteiger partial charge in [-0.15, -0.1) is 11.3 Å². The number of amides is 2. The fourth-order valence-electron chi connectivity index (χ4n) is 3.99. The highest BCUT2D eigenvalue weighted by atomic mass is 32.1. The molecule has 0 unspecified atom stereocenters. The molecule has 2 amide bonds. The molecule has 5 aromatic rings. The number of anilines is 2. The Bertz CT molecular complexity index is 1580. The maximum absolute atomic E-state index is 13.1. The van der Waals surface area contributed by atoms with Gasteiger partial charge in [-0.1, -0.05) is 18.2 Å². The molecule has 10 heteroatoms. The van der Waals surface area contributed by atoms with Crippen LogP contribution in [0, 0.1) is 6.92 Å². The van der Waals surface area contributed by atoms with Crippen molar-refractivity contribution >= 4 is 45.8 Å². The maximum atomic E-state index is 13.1. The number of nitrogens with one attached hydrogen (secondary N) is 1. The van der Waals surface area contributed by atoms with Crippen LogP contribution in [0.25, 0.3) is 21.7 Å². The van der Waals surface area contributed by atoms with E-state index in [9.17, 15) is 14.7 Å². The van der Waals surface area contributed by atoms with Gasteiger partial charge in [0.15, 0.2) is 11.7 Å². The minimum Gasteiger partial charge on any atom is -0.440 e. The number of thiophene rings is 1. The Balaban J connectivity index is 1.44. The van der Waals surface area contributed by atoms with E-state index in [0.717, 1.165) is 10.4 Å². The Kier molecular flexibility index (Phi) is 6.60. The van der Waals surface area contributed by atoms with Gasteiger partial charge in [-0.05, 0) is 49.4 Å². The van der Waals surface area contributed by atoms with Crippen molar-refractivity contribution in [2.45, 2.75) is 26.5 Å². The van der Waals surface area contributed by atoms with E-state index in [1.807, 2.05) is 36.4 Å². The summed E-state index contributed by atoms with van der Waals surface area (Å²) in [6, 6.07) is 18.0. The Morgan fingerprint density at radius 2 is 1.95 bits per heavy atom. The largest absolute Gasteiger partial charge is 0.440 e. The second-order valence-electron chi connectivity index (χ2n) is 8.66. The van der Waals surface area contributed by atoms with E-state index in [1.54, 1.807) is 60.8 Å². The number of carbonyl (C=O) groups excluding carboxylic acids is 2. The van der Waals surface area contributed by atoms with Gasteiger partial charge in [-0.25, -0.2) is 9.97 Å². The highest BCUT2D eigenvalue weighted by Gasteiger charge is 2.20. The fraction of sp³-hybridized carbons (Fsp3) is 0.185. The van der Waals surface area contributed by atoms with Crippen LogP contribution in [0.5, 0.6) is 0 Å². The summed E-state index contributed by atoms with van der Waals surface area (Å²) in [5.41, 5.74) is 2.55. The van der Waals surface area contributed by atoms with Gasteiger partial charge in [-0.3, -0.25) is 14.9 Å². The molecule has 0 saturated heterocycles. The van der Waals surface area contributed by atoms with Crippen LogP contribution < -0.4 is 10.2 Å². The Labute approximate surface area is 217 Å². The zero-order valence-electron chi connectivity index (χ0n) is 20.5. The monoisotopic (exact) mass is 515 g/mol. The Morgan fingerprint density at radius 3 is 2.65 bits per heavy atom. The number of aliphatic hydroxyl groups excluding tert-OH is 1. The van der Waals surface area contributed by atoms with Gasteiger partial charge >= 0.3 is 0 Å². The van der Waals surface area contributed by atoms with Crippen molar-refractivity contribution in [1.29, 1.82) is 0 Å². The SMILES string of the molecule is Cc1ncc(-c2ccc(C(=O)Nc3nc4cc(N(C)C(=O)c5ccccc5)ccc4n3C[C@@H](C)O)s2)o1. The van der Waals surface area contributed by atoms with Crippen molar-refractivity contribution in [1.82, 2.24) is 14.5 Å². The molecular weight excluding hydrogens is 490 g/mol. The number of nitrogens with zero attached hydrogens (tertiary/aromatic N) is 4. The molecule has 0 bridgehead atoms. The summed E-state index contributed by atoms with van der Waals surface area (Å²) in [6.45, 7) is 3.67. The second kappa shape index (κ2) is 10.00. The van der Waals surface area contributed by atoms with E-state index in [1.165, 1.54) is 11.3 Å². The van der Waals surface area contributed by atoms with E-state index in [4.69, 9.17) is 4.42 Å². The Morgan fingerprint density at radius 1 is 1.16 bits per heavy atom. The number of oxazole rings is 1. The zero-order chi connectivity index (χ0) is 26.1. The van der Waals surface area contributed by atoms with Gasteiger partial charge in [-0.2, -0.15) is 0 Å². The highest BCUT2D eigenvalue weighted by Crippen LogP contribution is 2.30. The van der Waals surface area contributed by atoms with Crippen LogP contribution in [0.4, 0.5) is 11.6 Å². The molecule has 0 fully saturated rings. The van der Waals surface area contributed by atoms with Crippen LogP contribution in [0.1, 0.15) is 32.8 Å². The quantitative estimate of drug-likeness (QED) is 0.316. The molecule has 9 nitrogen and oxygen atoms in total. The molecule has 37 heavy (non-hydrogen) atoms. The zero-order valence-corrected chi connectivity index (χ0v) is 21.3. The molecule has 0 saturated carbocycles. The maximum Gasteiger partial charge on any atom is 0.268 e. The van der Waals surface area contributed by atoms with E-state index in [2.05, 4.69) is 15.3 Å². The molecule has 0 spiro atoms. The van der Waals surface area contributed by atoms with Crippen molar-refractivity contribution in [2.24, 2.45) is 0 Å². The number of carbonyl (C=O) groups is 2. The standard InChI is InChI=1S/C27H25N5O4S/c1-16(33)15-32-21-10-9-19(31(3)26(35)18-7-5-4-6-8-18)13-20(21)29-27(32)30-25(34)24-12-11-23(37-24)22-14-28-17(2)36-22/h4-14,16,33H,15H2,1-3H3,(H,29,30,34)/t16-/m1/s1. The molecule has 0 aliphatic carbocycles. The molecule has 5 rings (SSSR count). The number of rotatable bonds is 7. The van der Waals surface area contributed by atoms with E-state index >= 15 is 0 Å². The molecule has 1 atom stereocenters. The van der Waals surface area contributed by atoms with Crippen molar-refractivity contribution in [2.75, 3.05) is 17.3 Å². The van der Waals surface area contributed by atoms with Gasteiger partial charge in [0.05, 0.1) is 39.6 Å². The minimum atomic E-state index is -0.668. The van der Waals surface area contributed by atoms with Crippen molar-refractivity contribution < 1.29 is 19.1 Å². The van der Waals surface area contributed by atoms with Crippen molar-refractivity contribution in [3.63, 3.8) is 0 Å². The van der Waals surface area contributed by atoms with Crippen LogP contribution in [-0.4, -0.2) is 44.6 Å². The predicted octanol–water partition coefficient (Wildman–Crippen LogP) is 4.97. The normalized spacial score (nSPS) is 12.0. The third-order valence-corrected chi connectivity index (χ3v) is 6.91. The molecule has 0 aliphatic heterocycles. The lowest BCUT2D eigenvalue weighted by molar-refractivity contribution is 0.0991. The van der Waals surface area contributed by atoms with Gasteiger partial charge in [0, 0.05) is 25.2 Å². The van der Waals surface area contributed by atoms with Gasteiger partial charge in [0.25, 0.3) is 11.8 Å². The lowest BCUT2D eigenvalue weighted by Gasteiger charge is -2.17. The first-order chi connectivity index (χ1) is 17.8. The first-order valence-corrected chi connectivity index (χ1v) is 12.5. The molecule has 0 aliphatic rings. The molecule has 2 N–H and O–H groups in total. The average Bonchev–Trinajstić information content (AvgIpc) is 3.62. The van der Waals surface area contributed by atoms with Crippen LogP contribution in [0.15, 0.2) is 71.3 Å². The van der Waals surface area contributed by atoms with Crippen molar-refractivity contribution in [3.05, 3.63) is 83.2 Å². The number of benzene rings is 2. The summed E-state index contributed by atoms with van der Waals surface area (Å²) in [4.78, 5) is 37.6. The highest BCUT2D eigenvalue weighted by molar-refractivity contribution is 7.17. The molecule has 3 heterocycles. The number of aryl methyl sites for hydroxylation is 1. The minimum absolute atomic E-state index is 0.146. The number of aromatic nitrogens is 3. The van der Waals surface area contributed by atoms with E-state index < -0.39 is 6.10 Å². The molecule has 0 radical (unpaired) electrons. The average molecular weight is 516 g/mol. The van der Waals surface area contributed by atoms with Crippen LogP contribution in [0.3, 0.4) is 0 Å². The first-order valence-electron chi connectivity index (χ1n) is 11.7. The van der Waals surface area contributed by atoms with Gasteiger partial charge in [0.1, 0.15) is 0 Å². The van der Waals surface area contributed by atoms with Crippen LogP contribution >= 0.6 is 11.3 Å². The number of fused-ring (bicyclic) bond motifs is 1. The molecular formula is C27H25N5O4S. The first kappa shape index (κ1) is 24.4. The number of aliphatic hydroxyl groups is 1. The summed E-state index contributed by atoms with van der Waals surface area (Å²) < 4.78 is 7.31. The third-order valence-electron chi connectivity index (χ3n) is 5.81. The predicted molar refractivity (Wildman–Crippen MR) is 143 cm³/mol. The summed E-state index contributed by atoms with van der Waals surface area (Å²) in [6.07, 6.45) is 0.959. The summed E-state index contributed by atoms with van der Waals surface area (Å²) in [7, 11) is 1.70. The van der Waals surface area contributed by atoms with Gasteiger partial charge in [0.2, 0.25) is 5.95 Å². The fourth-order valence-corrected chi connectivity index (χ4v) is 4.84. The second-order valence-corrected chi connectivity index (χ2v) is 9.74. The lowest BCUT2D eigenvalue weighted by Crippen LogP contribution is -2.26. The summed E-state index contributed by atoms with van der Waals surface area (Å²) >= 11 is 1.28. The number of hydrogen-bond acceptors (Lipinski definition) is 7. The van der Waals surface area contributed by atoms with Crippen molar-refractivity contribution in [3.8, 4) is 10.6 Å². The topological polar surface area (TPSA) is 113 Å². The molecule has 188 valence electrons. The summed E-state index contributed by atoms with van der Waals surface area (Å²) in [5, 5.41) is 13.0. The molecule has 3 aromatic heterocycles.